The summed E-state index contributed by atoms with van der Waals surface area (Å²) in [5, 5.41) is 0. The van der Waals surface area contributed by atoms with Crippen LogP contribution < -0.4 is 23.7 Å². The number of rotatable bonds is 3. The fourth-order valence-corrected chi connectivity index (χ4v) is 7.34. The average Bonchev–Trinajstić information content (AvgIpc) is 3.08. The summed E-state index contributed by atoms with van der Waals surface area (Å²) >= 11 is 0. The highest BCUT2D eigenvalue weighted by Gasteiger charge is 2.35. The number of hydrogen-bond acceptors (Lipinski definition) is 11. The number of fused-ring (bicyclic) bond motifs is 2. The van der Waals surface area contributed by atoms with E-state index in [1.807, 2.05) is 24.3 Å². The Morgan fingerprint density at radius 3 is 2.06 bits per heavy atom. The molecule has 0 fully saturated rings. The molecule has 0 aromatic heterocycles. The van der Waals surface area contributed by atoms with Crippen molar-refractivity contribution in [3.05, 3.63) is 99.6 Å². The molecule has 51 heavy (non-hydrogen) atoms. The molecule has 4 aromatic rings. The molecule has 2 atom stereocenters. The van der Waals surface area contributed by atoms with E-state index in [0.717, 1.165) is 66.1 Å². The second-order valence-electron chi connectivity index (χ2n) is 13.2. The maximum atomic E-state index is 12.5. The van der Waals surface area contributed by atoms with Crippen LogP contribution >= 0.6 is 0 Å². The fraction of sp³-hybridized carbons (Fsp3) is 0.359. The third kappa shape index (κ3) is 7.73. The zero-order valence-corrected chi connectivity index (χ0v) is 30.5. The number of nitrogens with zero attached hydrogens (tertiary/aromatic N) is 2. The lowest BCUT2D eigenvalue weighted by molar-refractivity contribution is -0.132. The van der Waals surface area contributed by atoms with Gasteiger partial charge in [0.1, 0.15) is 11.5 Å². The Labute approximate surface area is 299 Å². The number of hydrogen-bond donors (Lipinski definition) is 0. The Kier molecular flexibility index (Phi) is 10.7. The summed E-state index contributed by atoms with van der Waals surface area (Å²) in [6, 6.07) is 21.0. The molecule has 0 N–H and O–H groups in total. The second kappa shape index (κ2) is 15.1. The van der Waals surface area contributed by atoms with Crippen molar-refractivity contribution in [3.63, 3.8) is 0 Å². The van der Waals surface area contributed by atoms with Gasteiger partial charge in [0.25, 0.3) is 0 Å². The van der Waals surface area contributed by atoms with Crippen molar-refractivity contribution in [1.82, 2.24) is 9.80 Å². The molecular formula is C39H42N2O9S. The minimum absolute atomic E-state index is 0.0785. The summed E-state index contributed by atoms with van der Waals surface area (Å²) in [5.74, 6) is 3.71. The first-order valence-corrected chi connectivity index (χ1v) is 17.8. The van der Waals surface area contributed by atoms with Gasteiger partial charge in [0.15, 0.2) is 23.0 Å². The number of ether oxygens (including phenoxy) is 5. The molecule has 4 aliphatic rings. The van der Waals surface area contributed by atoms with Crippen LogP contribution in [0, 0.1) is 6.92 Å². The van der Waals surface area contributed by atoms with Crippen molar-refractivity contribution in [2.75, 3.05) is 41.4 Å². The topological polar surface area (TPSA) is 121 Å². The van der Waals surface area contributed by atoms with Crippen LogP contribution in [0.4, 0.5) is 0 Å². The van der Waals surface area contributed by atoms with E-state index in [0.29, 0.717) is 35.2 Å². The molecule has 8 rings (SSSR count). The summed E-state index contributed by atoms with van der Waals surface area (Å²) in [6.07, 6.45) is 3.28. The summed E-state index contributed by atoms with van der Waals surface area (Å²) in [4.78, 5) is 17.3. The van der Waals surface area contributed by atoms with Crippen LogP contribution in [0.15, 0.2) is 60.7 Å². The van der Waals surface area contributed by atoms with Gasteiger partial charge in [0.05, 0.1) is 14.2 Å². The minimum atomic E-state index is -3.11. The minimum Gasteiger partial charge on any atom is -0.493 e. The number of likely N-dealkylation sites (N-methyl/N-ethyl adjacent to an activating group) is 2. The van der Waals surface area contributed by atoms with Crippen molar-refractivity contribution >= 4 is 16.6 Å². The first-order valence-electron chi connectivity index (χ1n) is 16.8. The van der Waals surface area contributed by atoms with E-state index in [2.05, 4.69) is 67.2 Å². The van der Waals surface area contributed by atoms with Gasteiger partial charge in [0.2, 0.25) is 5.75 Å². The molecule has 0 spiro atoms. The lowest BCUT2D eigenvalue weighted by atomic mass is 9.87. The smallest absolute Gasteiger partial charge is 0.425 e. The highest BCUT2D eigenvalue weighted by molar-refractivity contribution is 7.59. The molecule has 4 aromatic carbocycles. The number of carbonyl (C=O) groups is 1. The van der Waals surface area contributed by atoms with Crippen molar-refractivity contribution in [2.24, 2.45) is 0 Å². The third-order valence-electron chi connectivity index (χ3n) is 9.90. The number of methoxy groups -OCH3 is 2. The van der Waals surface area contributed by atoms with E-state index in [1.165, 1.54) is 23.6 Å². The quantitative estimate of drug-likeness (QED) is 0.174. The van der Waals surface area contributed by atoms with Crippen LogP contribution in [-0.4, -0.2) is 69.8 Å². The normalized spacial score (nSPS) is 18.0. The zero-order valence-electron chi connectivity index (χ0n) is 29.6. The van der Waals surface area contributed by atoms with Gasteiger partial charge in [-0.25, -0.2) is 0 Å². The molecule has 0 aliphatic carbocycles. The van der Waals surface area contributed by atoms with Crippen LogP contribution in [0.1, 0.15) is 58.0 Å². The SMILES string of the molecule is COc1ccc2cc1Oc1ccc(cc1)C[C@H]1c3cc(c(C)cc3CCN1C)Oc1c(OC(C)=O)c(OC)cc3c1[C@H](C2)N(C)CC3.O=S(=O)=O. The molecule has 6 bridgehead atoms. The summed E-state index contributed by atoms with van der Waals surface area (Å²) in [6.45, 7) is 5.33. The molecule has 4 aliphatic heterocycles. The van der Waals surface area contributed by atoms with E-state index in [1.54, 1.807) is 14.2 Å². The van der Waals surface area contributed by atoms with E-state index in [-0.39, 0.29) is 12.1 Å². The molecule has 0 radical (unpaired) electrons. The van der Waals surface area contributed by atoms with Gasteiger partial charge in [-0.3, -0.25) is 14.6 Å². The second-order valence-corrected chi connectivity index (χ2v) is 13.6. The standard InChI is InChI=1S/C39H42N2O6.O3S/c1-23-17-27-13-15-40(3)31-18-25-7-10-29(11-8-25)46-35-20-26(9-12-33(35)43-5)19-32-37-28(14-16-41(32)4)21-36(44-6)38(45-24(2)42)39(37)47-34(23)22-30(27)31;1-4(2)3/h7-12,17,20-22,31-32H,13-16,18-19H2,1-6H3;/t31-,32-;/m0./s1. The van der Waals surface area contributed by atoms with Gasteiger partial charge in [-0.1, -0.05) is 24.3 Å². The number of esters is 1. The maximum Gasteiger partial charge on any atom is 0.425 e. The first kappa shape index (κ1) is 35.9. The molecule has 0 saturated heterocycles. The summed E-state index contributed by atoms with van der Waals surface area (Å²) < 4.78 is 56.3. The average molecular weight is 715 g/mol. The van der Waals surface area contributed by atoms with Crippen LogP contribution in [0.2, 0.25) is 0 Å². The zero-order chi connectivity index (χ0) is 36.4. The van der Waals surface area contributed by atoms with Gasteiger partial charge in [-0.15, -0.1) is 12.6 Å². The van der Waals surface area contributed by atoms with Crippen molar-refractivity contribution < 1.29 is 41.1 Å². The fourth-order valence-electron chi connectivity index (χ4n) is 7.34. The highest BCUT2D eigenvalue weighted by Crippen LogP contribution is 2.51. The number of benzene rings is 4. The Balaban J connectivity index is 0.00000107. The molecule has 0 unspecified atom stereocenters. The molecule has 268 valence electrons. The van der Waals surface area contributed by atoms with Crippen LogP contribution in [0.3, 0.4) is 0 Å². The maximum absolute atomic E-state index is 12.5. The van der Waals surface area contributed by atoms with E-state index in [4.69, 9.17) is 36.3 Å². The first-order chi connectivity index (χ1) is 24.4. The summed E-state index contributed by atoms with van der Waals surface area (Å²) in [5.41, 5.74) is 8.03. The van der Waals surface area contributed by atoms with E-state index in [9.17, 15) is 4.79 Å². The van der Waals surface area contributed by atoms with Crippen molar-refractivity contribution in [1.29, 1.82) is 0 Å². The highest BCUT2D eigenvalue weighted by atomic mass is 32.2. The number of carbonyl (C=O) groups excluding carboxylic acids is 1. The molecule has 11 nitrogen and oxygen atoms in total. The van der Waals surface area contributed by atoms with Crippen molar-refractivity contribution in [2.45, 2.75) is 51.6 Å². The monoisotopic (exact) mass is 714 g/mol. The molecule has 0 amide bonds. The van der Waals surface area contributed by atoms with Crippen LogP contribution in [0.5, 0.6) is 40.2 Å². The molecular weight excluding hydrogens is 673 g/mol. The lowest BCUT2D eigenvalue weighted by Crippen LogP contribution is -2.34. The van der Waals surface area contributed by atoms with Gasteiger partial charge in [0, 0.05) is 37.7 Å². The Morgan fingerprint density at radius 2 is 1.39 bits per heavy atom. The van der Waals surface area contributed by atoms with Crippen LogP contribution in [-0.2, 0) is 41.1 Å². The van der Waals surface area contributed by atoms with Gasteiger partial charge in [-0.05, 0) is 116 Å². The predicted molar refractivity (Wildman–Crippen MR) is 190 cm³/mol. The molecule has 12 heteroatoms. The molecule has 0 saturated carbocycles. The summed E-state index contributed by atoms with van der Waals surface area (Å²) in [7, 11) is 4.47. The Morgan fingerprint density at radius 1 is 0.765 bits per heavy atom. The van der Waals surface area contributed by atoms with Crippen molar-refractivity contribution in [3.8, 4) is 40.2 Å². The van der Waals surface area contributed by atoms with Gasteiger partial charge >= 0.3 is 16.6 Å². The largest absolute Gasteiger partial charge is 0.493 e. The predicted octanol–water partition coefficient (Wildman–Crippen LogP) is 6.37. The van der Waals surface area contributed by atoms with Gasteiger partial charge in [-0.2, -0.15) is 0 Å². The van der Waals surface area contributed by atoms with E-state index < -0.39 is 16.6 Å². The lowest BCUT2D eigenvalue weighted by Gasteiger charge is -2.37. The molecule has 4 heterocycles. The Bertz CT molecular complexity index is 2060. The number of aryl methyl sites for hydroxylation is 1. The Hall–Kier alpha value is -4.91. The third-order valence-corrected chi connectivity index (χ3v) is 9.90. The van der Waals surface area contributed by atoms with Gasteiger partial charge < -0.3 is 23.7 Å². The van der Waals surface area contributed by atoms with Crippen LogP contribution in [0.25, 0.3) is 0 Å². The van der Waals surface area contributed by atoms with E-state index >= 15 is 0 Å².